The highest BCUT2D eigenvalue weighted by Gasteiger charge is 2.34. The Morgan fingerprint density at radius 3 is 2.80 bits per heavy atom. The summed E-state index contributed by atoms with van der Waals surface area (Å²) in [5.41, 5.74) is -1.30. The molecule has 0 saturated carbocycles. The van der Waals surface area contributed by atoms with E-state index in [0.29, 0.717) is 48.2 Å². The molecule has 158 valence electrons. The Balaban J connectivity index is 1.71. The molecule has 6 nitrogen and oxygen atoms in total. The van der Waals surface area contributed by atoms with Crippen LogP contribution in [0.2, 0.25) is 0 Å². The number of aryl methyl sites for hydroxylation is 1. The number of rotatable bonds is 4. The molecule has 1 aliphatic heterocycles. The number of hydrogen-bond donors (Lipinski definition) is 1. The third kappa shape index (κ3) is 3.87. The summed E-state index contributed by atoms with van der Waals surface area (Å²) < 4.78 is 60.1. The van der Waals surface area contributed by atoms with Crippen LogP contribution in [0, 0.1) is 12.7 Å². The lowest BCUT2D eigenvalue weighted by atomic mass is 10.1. The molecule has 0 spiro atoms. The monoisotopic (exact) mass is 422 g/mol. The molecular formula is C20H18F4N4O2. The number of nitrogens with zero attached hydrogens (tertiary/aromatic N) is 3. The minimum absolute atomic E-state index is 0.114. The van der Waals surface area contributed by atoms with E-state index in [-0.39, 0.29) is 23.7 Å². The molecule has 2 aromatic heterocycles. The summed E-state index contributed by atoms with van der Waals surface area (Å²) in [6.45, 7) is 2.38. The number of hydrogen-bond acceptors (Lipinski definition) is 5. The van der Waals surface area contributed by atoms with Gasteiger partial charge in [-0.1, -0.05) is 12.1 Å². The highest BCUT2D eigenvalue weighted by atomic mass is 19.4. The SMILES string of the molecule is Cc1nc(NCc2cccc(C(F)(F)F)c2F)c2cn(C3CCOC3)c(=O)cc2n1. The fourth-order valence-corrected chi connectivity index (χ4v) is 3.51. The van der Waals surface area contributed by atoms with Crippen molar-refractivity contribution in [3.63, 3.8) is 0 Å². The van der Waals surface area contributed by atoms with Gasteiger partial charge in [0.2, 0.25) is 0 Å². The van der Waals surface area contributed by atoms with E-state index >= 15 is 0 Å². The summed E-state index contributed by atoms with van der Waals surface area (Å²) in [6, 6.07) is 4.41. The van der Waals surface area contributed by atoms with Crippen LogP contribution in [0.3, 0.4) is 0 Å². The van der Waals surface area contributed by atoms with Crippen molar-refractivity contribution in [3.05, 3.63) is 63.6 Å². The molecule has 3 aromatic rings. The van der Waals surface area contributed by atoms with Crippen LogP contribution in [-0.2, 0) is 17.5 Å². The second-order valence-electron chi connectivity index (χ2n) is 7.08. The maximum atomic E-state index is 14.3. The standard InChI is InChI=1S/C20H18F4N4O2/c1-11-26-16-7-17(29)28(13-5-6-30-10-13)9-14(16)19(27-11)25-8-12-3-2-4-15(18(12)21)20(22,23)24/h2-4,7,9,13H,5-6,8,10H2,1H3,(H,25,26,27). The molecule has 4 rings (SSSR count). The van der Waals surface area contributed by atoms with Gasteiger partial charge in [0.05, 0.1) is 29.1 Å². The average molecular weight is 422 g/mol. The zero-order valence-corrected chi connectivity index (χ0v) is 16.0. The van der Waals surface area contributed by atoms with Crippen LogP contribution in [0.4, 0.5) is 23.4 Å². The van der Waals surface area contributed by atoms with Gasteiger partial charge in [-0.3, -0.25) is 4.79 Å². The quantitative estimate of drug-likeness (QED) is 0.648. The van der Waals surface area contributed by atoms with Crippen LogP contribution in [0.25, 0.3) is 10.9 Å². The summed E-state index contributed by atoms with van der Waals surface area (Å²) in [6.07, 6.45) is -2.48. The summed E-state index contributed by atoms with van der Waals surface area (Å²) in [7, 11) is 0. The minimum Gasteiger partial charge on any atom is -0.379 e. The average Bonchev–Trinajstić information content (AvgIpc) is 3.20. The fourth-order valence-electron chi connectivity index (χ4n) is 3.51. The number of ether oxygens (including phenoxy) is 1. The zero-order chi connectivity index (χ0) is 21.5. The number of nitrogens with one attached hydrogen (secondary N) is 1. The smallest absolute Gasteiger partial charge is 0.379 e. The van der Waals surface area contributed by atoms with Crippen LogP contribution >= 0.6 is 0 Å². The normalized spacial score (nSPS) is 16.9. The molecule has 1 fully saturated rings. The highest BCUT2D eigenvalue weighted by molar-refractivity contribution is 5.88. The predicted octanol–water partition coefficient (Wildman–Crippen LogP) is 3.83. The topological polar surface area (TPSA) is 69.0 Å². The van der Waals surface area contributed by atoms with Crippen molar-refractivity contribution < 1.29 is 22.3 Å². The minimum atomic E-state index is -4.78. The van der Waals surface area contributed by atoms with Gasteiger partial charge in [0.25, 0.3) is 5.56 Å². The Labute approximate surface area is 168 Å². The Kier molecular flexibility index (Phi) is 5.19. The molecule has 30 heavy (non-hydrogen) atoms. The van der Waals surface area contributed by atoms with Crippen LogP contribution in [0.15, 0.2) is 35.3 Å². The number of benzene rings is 1. The first-order chi connectivity index (χ1) is 14.2. The largest absolute Gasteiger partial charge is 0.419 e. The number of aromatic nitrogens is 3. The fraction of sp³-hybridized carbons (Fsp3) is 0.350. The van der Waals surface area contributed by atoms with E-state index < -0.39 is 17.6 Å². The molecule has 1 atom stereocenters. The Morgan fingerprint density at radius 2 is 2.10 bits per heavy atom. The van der Waals surface area contributed by atoms with Crippen LogP contribution in [0.5, 0.6) is 0 Å². The van der Waals surface area contributed by atoms with Gasteiger partial charge in [0.15, 0.2) is 0 Å². The van der Waals surface area contributed by atoms with Crippen molar-refractivity contribution in [1.82, 2.24) is 14.5 Å². The lowest BCUT2D eigenvalue weighted by molar-refractivity contribution is -0.140. The van der Waals surface area contributed by atoms with Crippen molar-refractivity contribution in [2.24, 2.45) is 0 Å². The molecular weight excluding hydrogens is 404 g/mol. The van der Waals surface area contributed by atoms with Gasteiger partial charge >= 0.3 is 6.18 Å². The lowest BCUT2D eigenvalue weighted by Gasteiger charge is -2.16. The number of alkyl halides is 3. The van der Waals surface area contributed by atoms with Gasteiger partial charge in [-0.15, -0.1) is 0 Å². The first-order valence-corrected chi connectivity index (χ1v) is 9.31. The molecule has 10 heteroatoms. The van der Waals surface area contributed by atoms with Crippen molar-refractivity contribution in [2.75, 3.05) is 18.5 Å². The Bertz CT molecular complexity index is 1150. The third-order valence-electron chi connectivity index (χ3n) is 5.00. The first kappa shape index (κ1) is 20.3. The number of anilines is 1. The maximum Gasteiger partial charge on any atom is 0.419 e. The molecule has 3 heterocycles. The van der Waals surface area contributed by atoms with Crippen LogP contribution < -0.4 is 10.9 Å². The van der Waals surface area contributed by atoms with E-state index in [1.54, 1.807) is 17.7 Å². The van der Waals surface area contributed by atoms with Gasteiger partial charge in [-0.2, -0.15) is 13.2 Å². The van der Waals surface area contributed by atoms with Gasteiger partial charge in [-0.25, -0.2) is 14.4 Å². The van der Waals surface area contributed by atoms with Crippen molar-refractivity contribution in [1.29, 1.82) is 0 Å². The molecule has 0 bridgehead atoms. The second-order valence-corrected chi connectivity index (χ2v) is 7.08. The summed E-state index contributed by atoms with van der Waals surface area (Å²) in [5.74, 6) is -0.648. The number of pyridine rings is 1. The van der Waals surface area contributed by atoms with E-state index in [1.165, 1.54) is 12.1 Å². The van der Waals surface area contributed by atoms with Gasteiger partial charge < -0.3 is 14.6 Å². The molecule has 1 saturated heterocycles. The maximum absolute atomic E-state index is 14.3. The van der Waals surface area contributed by atoms with Crippen molar-refractivity contribution >= 4 is 16.7 Å². The van der Waals surface area contributed by atoms with Gasteiger partial charge in [0.1, 0.15) is 17.5 Å². The third-order valence-corrected chi connectivity index (χ3v) is 5.00. The summed E-state index contributed by atoms with van der Waals surface area (Å²) in [4.78, 5) is 21.0. The van der Waals surface area contributed by atoms with Crippen molar-refractivity contribution in [3.8, 4) is 0 Å². The van der Waals surface area contributed by atoms with E-state index in [0.717, 1.165) is 6.07 Å². The van der Waals surface area contributed by atoms with Crippen LogP contribution in [-0.4, -0.2) is 27.7 Å². The van der Waals surface area contributed by atoms with Gasteiger partial charge in [0, 0.05) is 31.0 Å². The van der Waals surface area contributed by atoms with Gasteiger partial charge in [-0.05, 0) is 19.4 Å². The molecule has 1 N–H and O–H groups in total. The second kappa shape index (κ2) is 7.67. The molecule has 1 aliphatic rings. The Morgan fingerprint density at radius 1 is 1.30 bits per heavy atom. The number of halogens is 4. The molecule has 0 amide bonds. The first-order valence-electron chi connectivity index (χ1n) is 9.31. The van der Waals surface area contributed by atoms with Crippen molar-refractivity contribution in [2.45, 2.75) is 32.1 Å². The number of fused-ring (bicyclic) bond motifs is 1. The van der Waals surface area contributed by atoms with Crippen LogP contribution in [0.1, 0.15) is 29.4 Å². The molecule has 1 unspecified atom stereocenters. The van der Waals surface area contributed by atoms with E-state index in [1.807, 2.05) is 0 Å². The Hall–Kier alpha value is -3.01. The zero-order valence-electron chi connectivity index (χ0n) is 16.0. The van der Waals surface area contributed by atoms with E-state index in [4.69, 9.17) is 4.74 Å². The van der Waals surface area contributed by atoms with E-state index in [9.17, 15) is 22.4 Å². The summed E-state index contributed by atoms with van der Waals surface area (Å²) in [5, 5.41) is 3.41. The molecule has 1 aromatic carbocycles. The predicted molar refractivity (Wildman–Crippen MR) is 102 cm³/mol. The lowest BCUT2D eigenvalue weighted by Crippen LogP contribution is -2.24. The molecule has 0 radical (unpaired) electrons. The van der Waals surface area contributed by atoms with E-state index in [2.05, 4.69) is 15.3 Å². The molecule has 0 aliphatic carbocycles. The summed E-state index contributed by atoms with van der Waals surface area (Å²) >= 11 is 0. The highest BCUT2D eigenvalue weighted by Crippen LogP contribution is 2.32.